The minimum atomic E-state index is -1.22. The molecule has 5 nitrogen and oxygen atoms in total. The summed E-state index contributed by atoms with van der Waals surface area (Å²) >= 11 is 0. The predicted octanol–water partition coefficient (Wildman–Crippen LogP) is 2.75. The van der Waals surface area contributed by atoms with Crippen LogP contribution < -0.4 is 0 Å². The Kier molecular flexibility index (Phi) is 3.60. The molecule has 0 fully saturated rings. The van der Waals surface area contributed by atoms with Gasteiger partial charge in [-0.25, -0.2) is 0 Å². The lowest BCUT2D eigenvalue weighted by molar-refractivity contribution is -0.136. The zero-order valence-corrected chi connectivity index (χ0v) is 14.9. The Bertz CT molecular complexity index is 915. The second-order valence-electron chi connectivity index (χ2n) is 7.28. The quantitative estimate of drug-likeness (QED) is 0.627. The largest absolute Gasteiger partial charge is 0.507 e. The van der Waals surface area contributed by atoms with Crippen molar-refractivity contribution in [2.24, 2.45) is 11.3 Å². The number of carbonyl (C=O) groups is 4. The summed E-state index contributed by atoms with van der Waals surface area (Å²) in [5, 5.41) is 10.6. The van der Waals surface area contributed by atoms with Crippen molar-refractivity contribution in [2.75, 3.05) is 0 Å². The van der Waals surface area contributed by atoms with Crippen LogP contribution in [-0.2, 0) is 16.0 Å². The molecule has 1 unspecified atom stereocenters. The number of ketones is 4. The van der Waals surface area contributed by atoms with Crippen LogP contribution in [-0.4, -0.2) is 28.2 Å². The van der Waals surface area contributed by atoms with E-state index in [-0.39, 0.29) is 33.8 Å². The van der Waals surface area contributed by atoms with Gasteiger partial charge in [-0.1, -0.05) is 6.92 Å². The molecule has 2 aliphatic rings. The van der Waals surface area contributed by atoms with Crippen molar-refractivity contribution in [2.45, 2.75) is 41.0 Å². The number of hydrogen-bond acceptors (Lipinski definition) is 5. The second-order valence-corrected chi connectivity index (χ2v) is 7.28. The number of hydrogen-bond donors (Lipinski definition) is 1. The molecule has 0 heterocycles. The average Bonchev–Trinajstić information content (AvgIpc) is 2.54. The first-order valence-corrected chi connectivity index (χ1v) is 8.33. The minimum absolute atomic E-state index is 0.0406. The Hall–Kier alpha value is -2.56. The zero-order valence-electron chi connectivity index (χ0n) is 14.9. The summed E-state index contributed by atoms with van der Waals surface area (Å²) in [4.78, 5) is 51.3. The van der Waals surface area contributed by atoms with E-state index < -0.39 is 28.7 Å². The molecule has 1 N–H and O–H groups in total. The van der Waals surface area contributed by atoms with Gasteiger partial charge in [0.25, 0.3) is 0 Å². The van der Waals surface area contributed by atoms with Gasteiger partial charge in [-0.3, -0.25) is 19.2 Å². The molecule has 0 aromatic heterocycles. The first-order valence-electron chi connectivity index (χ1n) is 8.33. The highest BCUT2D eigenvalue weighted by Gasteiger charge is 2.53. The van der Waals surface area contributed by atoms with E-state index in [4.69, 9.17) is 0 Å². The molecule has 0 aliphatic heterocycles. The van der Waals surface area contributed by atoms with Gasteiger partial charge in [0.05, 0.1) is 22.5 Å². The molecular formula is C20H20O5. The van der Waals surface area contributed by atoms with Gasteiger partial charge in [0.2, 0.25) is 5.78 Å². The molecule has 2 aliphatic carbocycles. The summed E-state index contributed by atoms with van der Waals surface area (Å²) in [6, 6.07) is 1.57. The van der Waals surface area contributed by atoms with E-state index >= 15 is 0 Å². The Balaban J connectivity index is 2.40. The number of allylic oxidation sites excluding steroid dienone is 2. The lowest BCUT2D eigenvalue weighted by Gasteiger charge is -2.37. The first-order chi connectivity index (χ1) is 11.6. The third kappa shape index (κ3) is 2.01. The highest BCUT2D eigenvalue weighted by atomic mass is 16.3. The van der Waals surface area contributed by atoms with E-state index in [0.29, 0.717) is 17.5 Å². The summed E-state index contributed by atoms with van der Waals surface area (Å²) in [6.45, 7) is 8.18. The number of rotatable bonds is 1. The van der Waals surface area contributed by atoms with Gasteiger partial charge in [0.15, 0.2) is 17.3 Å². The van der Waals surface area contributed by atoms with Crippen LogP contribution in [0.25, 0.3) is 0 Å². The number of fused-ring (bicyclic) bond motifs is 1. The van der Waals surface area contributed by atoms with Crippen LogP contribution in [0.4, 0.5) is 0 Å². The highest BCUT2D eigenvalue weighted by Crippen LogP contribution is 2.46. The van der Waals surface area contributed by atoms with E-state index in [1.165, 1.54) is 6.92 Å². The van der Waals surface area contributed by atoms with Gasteiger partial charge in [0.1, 0.15) is 5.75 Å². The average molecular weight is 340 g/mol. The Labute approximate surface area is 145 Å². The van der Waals surface area contributed by atoms with Crippen LogP contribution >= 0.6 is 0 Å². The standard InChI is InChI=1S/C20H20O5/c1-6-10-8(2)7-11-12(16(10)22)18(24)13-14(17(11)23)20(4,5)19(25)9(3)15(13)21/h7,9,22H,6H2,1-5H3. The Morgan fingerprint density at radius 2 is 1.72 bits per heavy atom. The molecule has 1 aromatic rings. The number of benzene rings is 1. The fourth-order valence-corrected chi connectivity index (χ4v) is 4.01. The predicted molar refractivity (Wildman–Crippen MR) is 90.9 cm³/mol. The molecule has 0 bridgehead atoms. The van der Waals surface area contributed by atoms with Crippen LogP contribution in [0.1, 0.15) is 59.5 Å². The van der Waals surface area contributed by atoms with Crippen LogP contribution in [0.2, 0.25) is 0 Å². The van der Waals surface area contributed by atoms with Gasteiger partial charge in [-0.15, -0.1) is 0 Å². The lowest BCUT2D eigenvalue weighted by Crippen LogP contribution is -2.47. The van der Waals surface area contributed by atoms with E-state index in [1.807, 2.05) is 6.92 Å². The van der Waals surface area contributed by atoms with Crippen molar-refractivity contribution in [1.29, 1.82) is 0 Å². The van der Waals surface area contributed by atoms with Crippen molar-refractivity contribution in [1.82, 2.24) is 0 Å². The summed E-state index contributed by atoms with van der Waals surface area (Å²) in [5.41, 5.74) is -0.271. The molecular weight excluding hydrogens is 320 g/mol. The highest BCUT2D eigenvalue weighted by molar-refractivity contribution is 6.42. The molecule has 1 aromatic carbocycles. The molecule has 1 atom stereocenters. The minimum Gasteiger partial charge on any atom is -0.507 e. The topological polar surface area (TPSA) is 88.5 Å². The number of aryl methyl sites for hydroxylation is 1. The summed E-state index contributed by atoms with van der Waals surface area (Å²) in [5.74, 6) is -3.41. The number of phenols is 1. The van der Waals surface area contributed by atoms with Gasteiger partial charge in [-0.05, 0) is 51.3 Å². The van der Waals surface area contributed by atoms with Crippen LogP contribution in [0.3, 0.4) is 0 Å². The zero-order chi connectivity index (χ0) is 18.8. The van der Waals surface area contributed by atoms with Gasteiger partial charge >= 0.3 is 0 Å². The summed E-state index contributed by atoms with van der Waals surface area (Å²) < 4.78 is 0. The Morgan fingerprint density at radius 3 is 2.28 bits per heavy atom. The smallest absolute Gasteiger partial charge is 0.201 e. The normalized spacial score (nSPS) is 22.2. The van der Waals surface area contributed by atoms with E-state index in [0.717, 1.165) is 0 Å². The van der Waals surface area contributed by atoms with E-state index in [2.05, 4.69) is 0 Å². The Morgan fingerprint density at radius 1 is 1.12 bits per heavy atom. The van der Waals surface area contributed by atoms with Crippen molar-refractivity contribution >= 4 is 23.1 Å². The number of aromatic hydroxyl groups is 1. The number of carbonyl (C=O) groups excluding carboxylic acids is 4. The molecule has 0 saturated heterocycles. The maximum atomic E-state index is 13.1. The van der Waals surface area contributed by atoms with E-state index in [9.17, 15) is 24.3 Å². The summed E-state index contributed by atoms with van der Waals surface area (Å²) in [6.07, 6.45) is 0.493. The fraction of sp³-hybridized carbons (Fsp3) is 0.400. The maximum absolute atomic E-state index is 13.1. The number of Topliss-reactive ketones (excluding diaryl/α,β-unsaturated/α-hetero) is 4. The first kappa shape index (κ1) is 17.3. The second kappa shape index (κ2) is 5.22. The third-order valence-electron chi connectivity index (χ3n) is 5.43. The van der Waals surface area contributed by atoms with Crippen molar-refractivity contribution in [3.05, 3.63) is 39.5 Å². The van der Waals surface area contributed by atoms with Crippen molar-refractivity contribution in [3.8, 4) is 5.75 Å². The third-order valence-corrected chi connectivity index (χ3v) is 5.43. The van der Waals surface area contributed by atoms with E-state index in [1.54, 1.807) is 26.8 Å². The molecule has 0 saturated carbocycles. The van der Waals surface area contributed by atoms with Gasteiger partial charge in [0, 0.05) is 11.1 Å². The monoisotopic (exact) mass is 340 g/mol. The van der Waals surface area contributed by atoms with Crippen LogP contribution in [0, 0.1) is 18.3 Å². The molecule has 130 valence electrons. The fourth-order valence-electron chi connectivity index (χ4n) is 4.01. The molecule has 0 radical (unpaired) electrons. The molecule has 5 heteroatoms. The molecule has 0 spiro atoms. The van der Waals surface area contributed by atoms with Crippen LogP contribution in [0.15, 0.2) is 17.2 Å². The number of phenolic OH excluding ortho intramolecular Hbond substituents is 1. The van der Waals surface area contributed by atoms with Crippen molar-refractivity contribution in [3.63, 3.8) is 0 Å². The molecule has 3 rings (SSSR count). The SMILES string of the molecule is CCc1c(C)cc2c(c1O)C(=O)C1=C(C2=O)C(C)(C)C(=O)C(C)C1=O. The summed E-state index contributed by atoms with van der Waals surface area (Å²) in [7, 11) is 0. The molecule has 25 heavy (non-hydrogen) atoms. The van der Waals surface area contributed by atoms with Crippen LogP contribution in [0.5, 0.6) is 5.75 Å². The van der Waals surface area contributed by atoms with Gasteiger partial charge < -0.3 is 5.11 Å². The molecule has 0 amide bonds. The maximum Gasteiger partial charge on any atom is 0.201 e. The van der Waals surface area contributed by atoms with Crippen molar-refractivity contribution < 1.29 is 24.3 Å². The lowest BCUT2D eigenvalue weighted by atomic mass is 9.61. The van der Waals surface area contributed by atoms with Gasteiger partial charge in [-0.2, -0.15) is 0 Å².